The third-order valence-corrected chi connectivity index (χ3v) is 6.20. The molecule has 2 N–H and O–H groups in total. The van der Waals surface area contributed by atoms with Gasteiger partial charge < -0.3 is 29.7 Å². The molecule has 2 heterocycles. The molecule has 1 atom stereocenters. The molecule has 0 bridgehead atoms. The fourth-order valence-corrected chi connectivity index (χ4v) is 4.07. The number of guanidine groups is 1. The van der Waals surface area contributed by atoms with Gasteiger partial charge in [0, 0.05) is 30.2 Å². The number of nitriles is 1. The van der Waals surface area contributed by atoms with Crippen molar-refractivity contribution in [1.29, 1.82) is 5.26 Å². The lowest BCUT2D eigenvalue weighted by Gasteiger charge is -2.34. The second kappa shape index (κ2) is 11.9. The largest absolute Gasteiger partial charge is 0.493 e. The van der Waals surface area contributed by atoms with E-state index in [-0.39, 0.29) is 12.7 Å². The van der Waals surface area contributed by atoms with Crippen LogP contribution in [0.2, 0.25) is 10.0 Å². The van der Waals surface area contributed by atoms with Gasteiger partial charge in [0.2, 0.25) is 12.2 Å². The van der Waals surface area contributed by atoms with E-state index in [2.05, 4.69) is 25.6 Å². The number of benzene rings is 2. The van der Waals surface area contributed by atoms with Crippen LogP contribution in [0.15, 0.2) is 41.7 Å². The summed E-state index contributed by atoms with van der Waals surface area (Å²) in [5, 5.41) is 17.0. The Hall–Kier alpha value is -3.52. The fraction of sp³-hybridized carbons (Fsp3) is 0.333. The monoisotopic (exact) mass is 529 g/mol. The molecule has 0 saturated carbocycles. The van der Waals surface area contributed by atoms with Crippen molar-refractivity contribution in [1.82, 2.24) is 20.2 Å². The smallest absolute Gasteiger partial charge is 0.210 e. The Morgan fingerprint density at radius 3 is 2.86 bits per heavy atom. The van der Waals surface area contributed by atoms with Gasteiger partial charge in [-0.3, -0.25) is 0 Å². The zero-order chi connectivity index (χ0) is 25.5. The summed E-state index contributed by atoms with van der Waals surface area (Å²) in [4.78, 5) is 14.6. The lowest BCUT2D eigenvalue weighted by molar-refractivity contribution is -0.0297. The summed E-state index contributed by atoms with van der Waals surface area (Å²) in [7, 11) is 1.57. The molecule has 0 radical (unpaired) electrons. The minimum Gasteiger partial charge on any atom is -0.493 e. The van der Waals surface area contributed by atoms with Crippen LogP contribution >= 0.6 is 23.2 Å². The molecule has 10 nitrogen and oxygen atoms in total. The summed E-state index contributed by atoms with van der Waals surface area (Å²) in [6.07, 6.45) is 3.09. The molecule has 2 aromatic carbocycles. The van der Waals surface area contributed by atoms with Crippen molar-refractivity contribution in [3.8, 4) is 17.7 Å². The van der Waals surface area contributed by atoms with Crippen LogP contribution in [0.1, 0.15) is 6.92 Å². The van der Waals surface area contributed by atoms with Crippen LogP contribution in [-0.4, -0.2) is 66.9 Å². The highest BCUT2D eigenvalue weighted by Gasteiger charge is 2.24. The quantitative estimate of drug-likeness (QED) is 0.263. The van der Waals surface area contributed by atoms with Crippen molar-refractivity contribution in [2.24, 2.45) is 4.99 Å². The molecule has 36 heavy (non-hydrogen) atoms. The number of aromatic nitrogens is 2. The Labute approximate surface area is 218 Å². The molecule has 1 saturated heterocycles. The van der Waals surface area contributed by atoms with Crippen LogP contribution < -0.4 is 20.1 Å². The zero-order valence-electron chi connectivity index (χ0n) is 19.8. The van der Waals surface area contributed by atoms with Crippen molar-refractivity contribution in [3.63, 3.8) is 0 Å². The maximum atomic E-state index is 8.98. The first-order valence-corrected chi connectivity index (χ1v) is 12.0. The molecule has 1 fully saturated rings. The third kappa shape index (κ3) is 5.99. The van der Waals surface area contributed by atoms with E-state index < -0.39 is 0 Å². The number of anilines is 2. The fourth-order valence-electron chi connectivity index (χ4n) is 3.77. The number of halogens is 2. The van der Waals surface area contributed by atoms with Crippen LogP contribution in [0, 0.1) is 11.5 Å². The second-order valence-corrected chi connectivity index (χ2v) is 8.63. The molecule has 4 rings (SSSR count). The summed E-state index contributed by atoms with van der Waals surface area (Å²) >= 11 is 12.2. The molecule has 1 aliphatic heterocycles. The molecule has 0 spiro atoms. The molecule has 0 aliphatic carbocycles. The number of morpholine rings is 1. The summed E-state index contributed by atoms with van der Waals surface area (Å²) in [6, 6.07) is 8.87. The van der Waals surface area contributed by atoms with Gasteiger partial charge in [0.25, 0.3) is 0 Å². The minimum atomic E-state index is -0.223. The Morgan fingerprint density at radius 2 is 2.11 bits per heavy atom. The number of rotatable bonds is 7. The molecule has 1 aliphatic rings. The van der Waals surface area contributed by atoms with E-state index in [4.69, 9.17) is 42.7 Å². The maximum absolute atomic E-state index is 8.98. The van der Waals surface area contributed by atoms with Crippen LogP contribution in [0.4, 0.5) is 11.5 Å². The van der Waals surface area contributed by atoms with Gasteiger partial charge in [-0.25, -0.2) is 9.97 Å². The Morgan fingerprint density at radius 1 is 1.25 bits per heavy atom. The number of fused-ring (bicyclic) bond motifs is 1. The lowest BCUT2D eigenvalue weighted by atomic mass is 10.2. The van der Waals surface area contributed by atoms with E-state index in [0.717, 1.165) is 11.1 Å². The van der Waals surface area contributed by atoms with Crippen LogP contribution in [-0.2, 0) is 4.74 Å². The highest BCUT2D eigenvalue weighted by atomic mass is 35.5. The van der Waals surface area contributed by atoms with Gasteiger partial charge in [-0.2, -0.15) is 5.26 Å². The highest BCUT2D eigenvalue weighted by Crippen LogP contribution is 2.35. The summed E-state index contributed by atoms with van der Waals surface area (Å²) in [5.41, 5.74) is 1.41. The van der Waals surface area contributed by atoms with E-state index >= 15 is 0 Å². The number of ether oxygens (including phenoxy) is 3. The van der Waals surface area contributed by atoms with Gasteiger partial charge in [0.1, 0.15) is 24.9 Å². The van der Waals surface area contributed by atoms with Gasteiger partial charge in [-0.1, -0.05) is 23.2 Å². The van der Waals surface area contributed by atoms with Crippen molar-refractivity contribution < 1.29 is 14.2 Å². The first-order valence-electron chi connectivity index (χ1n) is 11.3. The normalized spacial score (nSPS) is 15.9. The number of nitrogens with one attached hydrogen (secondary N) is 2. The second-order valence-electron chi connectivity index (χ2n) is 7.81. The zero-order valence-corrected chi connectivity index (χ0v) is 21.3. The maximum Gasteiger partial charge on any atom is 0.210 e. The predicted octanol–water partition coefficient (Wildman–Crippen LogP) is 4.21. The number of aliphatic imine (C=N–C) groups is 1. The molecular formula is C24H25Cl2N7O3. The first-order chi connectivity index (χ1) is 17.5. The van der Waals surface area contributed by atoms with Crippen LogP contribution in [0.5, 0.6) is 11.5 Å². The van der Waals surface area contributed by atoms with Crippen molar-refractivity contribution >= 4 is 51.6 Å². The summed E-state index contributed by atoms with van der Waals surface area (Å²) in [6.45, 7) is 4.56. The topological polar surface area (TPSA) is 117 Å². The summed E-state index contributed by atoms with van der Waals surface area (Å²) in [5.74, 6) is 2.18. The number of hydrogen-bond donors (Lipinski definition) is 2. The molecular weight excluding hydrogens is 505 g/mol. The Kier molecular flexibility index (Phi) is 8.48. The lowest BCUT2D eigenvalue weighted by Crippen LogP contribution is -2.51. The molecule has 1 aromatic heterocycles. The average molecular weight is 530 g/mol. The van der Waals surface area contributed by atoms with E-state index in [1.807, 2.05) is 30.1 Å². The van der Waals surface area contributed by atoms with Gasteiger partial charge in [-0.15, -0.1) is 4.99 Å². The van der Waals surface area contributed by atoms with Gasteiger partial charge in [-0.05, 0) is 31.2 Å². The standard InChI is InChI=1S/C24H25Cl2N7O3/c1-3-28-24(29-13-27)33-6-7-35-16(11-33)12-36-22-10-20-17(9-21(22)34-2)23(31-14-30-20)32-15-4-5-18(25)19(26)8-15/h4-5,8-10,14,16H,3,6-7,11-12H2,1-2H3,(H,28,29)(H,30,31,32). The minimum absolute atomic E-state index is 0.223. The third-order valence-electron chi connectivity index (χ3n) is 5.46. The molecule has 1 unspecified atom stereocenters. The summed E-state index contributed by atoms with van der Waals surface area (Å²) < 4.78 is 17.6. The van der Waals surface area contributed by atoms with E-state index in [1.165, 1.54) is 6.33 Å². The highest BCUT2D eigenvalue weighted by molar-refractivity contribution is 6.42. The van der Waals surface area contributed by atoms with Gasteiger partial charge in [0.05, 0.1) is 35.8 Å². The predicted molar refractivity (Wildman–Crippen MR) is 139 cm³/mol. The molecule has 3 aromatic rings. The number of hydrogen-bond acceptors (Lipinski definition) is 8. The average Bonchev–Trinajstić information content (AvgIpc) is 2.89. The first kappa shape index (κ1) is 25.6. The van der Waals surface area contributed by atoms with Crippen molar-refractivity contribution in [3.05, 3.63) is 46.7 Å². The number of methoxy groups -OCH3 is 1. The van der Waals surface area contributed by atoms with Gasteiger partial charge in [0.15, 0.2) is 11.5 Å². The van der Waals surface area contributed by atoms with E-state index in [9.17, 15) is 0 Å². The molecule has 12 heteroatoms. The van der Waals surface area contributed by atoms with Gasteiger partial charge >= 0.3 is 0 Å². The van der Waals surface area contributed by atoms with E-state index in [1.54, 1.807) is 25.3 Å². The SMILES string of the molecule is CCN/C(=N\C#N)N1CCOC(COc2cc3ncnc(Nc4ccc(Cl)c(Cl)c4)c3cc2OC)C1. The van der Waals surface area contributed by atoms with Crippen molar-refractivity contribution in [2.45, 2.75) is 13.0 Å². The number of nitrogens with zero attached hydrogens (tertiary/aromatic N) is 5. The van der Waals surface area contributed by atoms with Crippen LogP contribution in [0.3, 0.4) is 0 Å². The van der Waals surface area contributed by atoms with E-state index in [0.29, 0.717) is 65.1 Å². The Balaban J connectivity index is 1.51. The molecule has 0 amide bonds. The molecule has 188 valence electrons. The van der Waals surface area contributed by atoms with Crippen LogP contribution in [0.25, 0.3) is 10.9 Å². The van der Waals surface area contributed by atoms with Crippen molar-refractivity contribution in [2.75, 3.05) is 45.3 Å². The Bertz CT molecular complexity index is 1300.